The summed E-state index contributed by atoms with van der Waals surface area (Å²) in [5.74, 6) is 1.43. The summed E-state index contributed by atoms with van der Waals surface area (Å²) in [6, 6.07) is 40.1. The van der Waals surface area contributed by atoms with Crippen LogP contribution in [0.15, 0.2) is 103 Å². The van der Waals surface area contributed by atoms with Crippen molar-refractivity contribution in [2.45, 2.75) is 66.2 Å². The van der Waals surface area contributed by atoms with Crippen LogP contribution in [0.5, 0.6) is 0 Å². The average Bonchev–Trinajstić information content (AvgIpc) is 3.30. The molecule has 0 saturated heterocycles. The molecule has 0 unspecified atom stereocenters. The Morgan fingerprint density at radius 1 is 0.548 bits per heavy atom. The van der Waals surface area contributed by atoms with Gasteiger partial charge in [-0.1, -0.05) is 143 Å². The van der Waals surface area contributed by atoms with E-state index in [2.05, 4.69) is 152 Å². The molecule has 0 aromatic heterocycles. The normalized spacial score (nSPS) is 11.7. The summed E-state index contributed by atoms with van der Waals surface area (Å²) >= 11 is -1.92. The molecular weight excluding hydrogens is 627 g/mol. The minimum atomic E-state index is -2.69. The number of aryl methyl sites for hydroxylation is 1. The Balaban J connectivity index is 0.000000952. The van der Waals surface area contributed by atoms with E-state index in [1.807, 2.05) is 0 Å². The van der Waals surface area contributed by atoms with Gasteiger partial charge in [-0.3, -0.25) is 0 Å². The van der Waals surface area contributed by atoms with E-state index in [4.69, 9.17) is 27.9 Å². The van der Waals surface area contributed by atoms with Crippen LogP contribution in [0.25, 0.3) is 10.8 Å². The van der Waals surface area contributed by atoms with E-state index in [9.17, 15) is 0 Å². The van der Waals surface area contributed by atoms with Crippen LogP contribution in [0.3, 0.4) is 0 Å². The van der Waals surface area contributed by atoms with Crippen molar-refractivity contribution in [3.05, 3.63) is 125 Å². The van der Waals surface area contributed by atoms with Crippen LogP contribution in [0, 0.1) is 6.92 Å². The zero-order chi connectivity index (χ0) is 30.6. The zero-order valence-corrected chi connectivity index (χ0v) is 30.5. The third-order valence-electron chi connectivity index (χ3n) is 8.33. The molecule has 5 aromatic carbocycles. The zero-order valence-electron chi connectivity index (χ0n) is 25.7. The van der Waals surface area contributed by atoms with Gasteiger partial charge in [0.25, 0.3) is 0 Å². The first-order valence-electron chi connectivity index (χ1n) is 14.8. The predicted octanol–water partition coefficient (Wildman–Crippen LogP) is 9.68. The Bertz CT molecular complexity index is 1510. The van der Waals surface area contributed by atoms with E-state index in [1.165, 1.54) is 53.8 Å². The van der Waals surface area contributed by atoms with Crippen LogP contribution in [0.4, 0.5) is 0 Å². The Labute approximate surface area is 271 Å². The molecule has 0 aliphatic carbocycles. The molecule has 0 aliphatic heterocycles. The van der Waals surface area contributed by atoms with Crippen molar-refractivity contribution in [3.63, 3.8) is 0 Å². The van der Waals surface area contributed by atoms with Crippen molar-refractivity contribution >= 4 is 67.5 Å². The number of halogens is 3. The summed E-state index contributed by atoms with van der Waals surface area (Å²) in [6.45, 7) is 16.2. The topological polar surface area (TPSA) is 0 Å². The molecule has 0 heterocycles. The summed E-state index contributed by atoms with van der Waals surface area (Å²) in [7, 11) is 12.2. The van der Waals surface area contributed by atoms with Crippen molar-refractivity contribution < 1.29 is 14.7 Å². The molecule has 0 radical (unpaired) electrons. The number of benzene rings is 4. The van der Waals surface area contributed by atoms with Gasteiger partial charge in [-0.25, -0.2) is 0 Å². The van der Waals surface area contributed by atoms with Gasteiger partial charge in [0.05, 0.1) is 0 Å². The van der Waals surface area contributed by atoms with Crippen molar-refractivity contribution in [1.29, 1.82) is 0 Å². The van der Waals surface area contributed by atoms with Crippen LogP contribution >= 0.6 is 27.9 Å². The van der Waals surface area contributed by atoms with Gasteiger partial charge in [-0.15, -0.1) is 39.7 Å². The molecule has 5 rings (SSSR count). The second-order valence-corrected chi connectivity index (χ2v) is 23.6. The molecule has 0 fully saturated rings. The van der Waals surface area contributed by atoms with Crippen LogP contribution in [0.1, 0.15) is 81.5 Å². The van der Waals surface area contributed by atoms with Crippen molar-refractivity contribution in [3.8, 4) is 0 Å². The minimum absolute atomic E-state index is 0.475. The summed E-state index contributed by atoms with van der Waals surface area (Å²) in [4.78, 5) is 0. The fraction of sp³-hybridized carbons (Fsp3) is 0.270. The molecule has 0 nitrogen and oxygen atoms in total. The summed E-state index contributed by atoms with van der Waals surface area (Å²) in [5, 5.41) is 8.71. The quantitative estimate of drug-likeness (QED) is 0.0921. The van der Waals surface area contributed by atoms with Gasteiger partial charge in [0.2, 0.25) is 0 Å². The second kappa shape index (κ2) is 14.4. The molecule has 0 bridgehead atoms. The molecule has 42 heavy (non-hydrogen) atoms. The van der Waals surface area contributed by atoms with Crippen LogP contribution in [0.2, 0.25) is 0 Å². The molecular formula is C37H41Cl3SiTi. The first-order chi connectivity index (χ1) is 20.0. The summed E-state index contributed by atoms with van der Waals surface area (Å²) in [5.41, 5.74) is 5.63. The number of hydrogen-bond donors (Lipinski definition) is 0. The maximum atomic E-state index is 4.97. The van der Waals surface area contributed by atoms with E-state index in [0.717, 1.165) is 0 Å². The standard InChI is InChI=1S/C37H41Si.3ClH.Ti/c1-25(2)29-14-10-17-33(22-29)38(34-18-11-15-30(23-34)26(3)4,35-19-12-16-31(24-35)27(5)6)37-28(7)21-32-13-8-9-20-36(32)37;;;;/h8-27H,1-7H3;3*1H;/q-1;;;;+4/p-3. The van der Waals surface area contributed by atoms with Crippen molar-refractivity contribution in [1.82, 2.24) is 0 Å². The van der Waals surface area contributed by atoms with E-state index in [1.54, 1.807) is 0 Å². The third-order valence-corrected chi connectivity index (χ3v) is 13.3. The molecule has 0 amide bonds. The molecule has 0 N–H and O–H groups in total. The van der Waals surface area contributed by atoms with Gasteiger partial charge in [-0.2, -0.15) is 6.07 Å². The van der Waals surface area contributed by atoms with Crippen LogP contribution in [-0.2, 0) is 14.7 Å². The molecule has 0 saturated carbocycles. The van der Waals surface area contributed by atoms with Gasteiger partial charge in [0.15, 0.2) is 0 Å². The van der Waals surface area contributed by atoms with Gasteiger partial charge < -0.3 is 0 Å². The SMILES string of the molecule is Cc1cc2ccccc2[c-]1[Si](c1cccc(C(C)C)c1)(c1cccc(C(C)C)c1)c1cccc(C(C)C)c1.[Cl][Ti+]([Cl])[Cl]. The fourth-order valence-electron chi connectivity index (χ4n) is 6.19. The second-order valence-electron chi connectivity index (χ2n) is 12.1. The summed E-state index contributed by atoms with van der Waals surface area (Å²) in [6.07, 6.45) is 0. The van der Waals surface area contributed by atoms with Gasteiger partial charge in [0.1, 0.15) is 8.07 Å². The first-order valence-corrected chi connectivity index (χ1v) is 23.2. The predicted molar refractivity (Wildman–Crippen MR) is 188 cm³/mol. The van der Waals surface area contributed by atoms with E-state index in [-0.39, 0.29) is 0 Å². The molecule has 5 aromatic rings. The first kappa shape index (κ1) is 33.2. The number of rotatable bonds is 7. The fourth-order valence-corrected chi connectivity index (χ4v) is 11.5. The van der Waals surface area contributed by atoms with Crippen LogP contribution < -0.4 is 20.7 Å². The Hall–Kier alpha value is -1.71. The van der Waals surface area contributed by atoms with E-state index >= 15 is 0 Å². The van der Waals surface area contributed by atoms with Crippen LogP contribution in [-0.4, -0.2) is 8.07 Å². The van der Waals surface area contributed by atoms with E-state index < -0.39 is 22.8 Å². The van der Waals surface area contributed by atoms with Crippen molar-refractivity contribution in [2.75, 3.05) is 0 Å². The number of hydrogen-bond acceptors (Lipinski definition) is 0. The van der Waals surface area contributed by atoms with E-state index in [0.29, 0.717) is 17.8 Å². The molecule has 5 heteroatoms. The molecule has 0 spiro atoms. The van der Waals surface area contributed by atoms with Gasteiger partial charge in [0, 0.05) is 0 Å². The van der Waals surface area contributed by atoms with Gasteiger partial charge in [-0.05, 0) is 34.4 Å². The Morgan fingerprint density at radius 2 is 0.929 bits per heavy atom. The number of fused-ring (bicyclic) bond motifs is 1. The van der Waals surface area contributed by atoms with Gasteiger partial charge >= 0.3 is 42.6 Å². The molecule has 0 aliphatic rings. The average molecular weight is 668 g/mol. The molecule has 218 valence electrons. The van der Waals surface area contributed by atoms with Crippen molar-refractivity contribution in [2.24, 2.45) is 0 Å². The molecule has 0 atom stereocenters. The monoisotopic (exact) mass is 666 g/mol. The maximum absolute atomic E-state index is 4.97. The Kier molecular flexibility index (Phi) is 11.4. The Morgan fingerprint density at radius 3 is 1.31 bits per heavy atom. The third kappa shape index (κ3) is 6.99. The summed E-state index contributed by atoms with van der Waals surface area (Å²) < 4.78 is 0.